The average molecular weight is 266 g/mol. The lowest BCUT2D eigenvalue weighted by Crippen LogP contribution is -2.53. The number of nitrogens with one attached hydrogen (secondary N) is 1. The number of hydrogen-bond acceptors (Lipinski definition) is 4. The number of rotatable bonds is 2. The molecule has 0 spiro atoms. The van der Waals surface area contributed by atoms with Gasteiger partial charge in [0.05, 0.1) is 25.9 Å². The van der Waals surface area contributed by atoms with Crippen LogP contribution in [0.25, 0.3) is 0 Å². The van der Waals surface area contributed by atoms with E-state index in [1.807, 2.05) is 0 Å². The predicted octanol–water partition coefficient (Wildman–Crippen LogP) is 1.52. The molecule has 19 heavy (non-hydrogen) atoms. The molecule has 1 aliphatic heterocycles. The van der Waals surface area contributed by atoms with Gasteiger partial charge in [-0.15, -0.1) is 0 Å². The highest BCUT2D eigenvalue weighted by Crippen LogP contribution is 2.26. The fourth-order valence-electron chi connectivity index (χ4n) is 2.73. The Morgan fingerprint density at radius 1 is 1.16 bits per heavy atom. The van der Waals surface area contributed by atoms with Crippen LogP contribution in [0.5, 0.6) is 0 Å². The summed E-state index contributed by atoms with van der Waals surface area (Å²) in [5.74, 6) is -0.207. The molecule has 0 aromatic heterocycles. The molecule has 1 N–H and O–H groups in total. The minimum absolute atomic E-state index is 0.207. The zero-order valence-corrected chi connectivity index (χ0v) is 11.3. The Morgan fingerprint density at radius 2 is 1.84 bits per heavy atom. The highest BCUT2D eigenvalue weighted by atomic mass is 16.6. The Balaban J connectivity index is 1.95. The van der Waals surface area contributed by atoms with Gasteiger partial charge in [-0.3, -0.25) is 4.79 Å². The molecule has 2 rings (SSSR count). The van der Waals surface area contributed by atoms with E-state index in [1.54, 1.807) is 0 Å². The van der Waals surface area contributed by atoms with Crippen LogP contribution in [0.3, 0.4) is 0 Å². The third-order valence-electron chi connectivity index (χ3n) is 3.89. The van der Waals surface area contributed by atoms with Crippen molar-refractivity contribution in [2.24, 2.45) is 0 Å². The molecule has 0 aromatic rings. The maximum Gasteiger partial charge on any atom is 0.252 e. The number of hydrogen-bond donors (Lipinski definition) is 1. The monoisotopic (exact) mass is 266 g/mol. The molecular formula is C14H22N2O3. The van der Waals surface area contributed by atoms with Crippen LogP contribution in [0.4, 0.5) is 0 Å². The van der Waals surface area contributed by atoms with Gasteiger partial charge in [0.25, 0.3) is 5.91 Å². The molecule has 2 aliphatic rings. The fraction of sp³-hybridized carbons (Fsp3) is 0.857. The predicted molar refractivity (Wildman–Crippen MR) is 69.4 cm³/mol. The van der Waals surface area contributed by atoms with Crippen LogP contribution in [-0.4, -0.2) is 37.4 Å². The summed E-state index contributed by atoms with van der Waals surface area (Å²) in [6, 6.07) is 2.33. The van der Waals surface area contributed by atoms with Crippen molar-refractivity contribution >= 4 is 5.91 Å². The standard InChI is InChI=1S/C14H22N2O3/c15-11-14(6-4-2-1-3-5-7-14)16-13(17)12-10-18-8-9-19-12/h12H,1-10H2,(H,16,17). The molecule has 1 unspecified atom stereocenters. The first-order chi connectivity index (χ1) is 9.26. The number of nitriles is 1. The Kier molecular flexibility index (Phi) is 5.17. The quantitative estimate of drug-likeness (QED) is 0.822. The van der Waals surface area contributed by atoms with Gasteiger partial charge < -0.3 is 14.8 Å². The molecule has 0 aromatic carbocycles. The normalized spacial score (nSPS) is 27.6. The molecular weight excluding hydrogens is 244 g/mol. The Hall–Kier alpha value is -1.12. The molecule has 1 aliphatic carbocycles. The first kappa shape index (κ1) is 14.3. The van der Waals surface area contributed by atoms with Gasteiger partial charge in [0.1, 0.15) is 5.54 Å². The van der Waals surface area contributed by atoms with Crippen molar-refractivity contribution in [2.45, 2.75) is 56.6 Å². The van der Waals surface area contributed by atoms with Crippen molar-refractivity contribution in [3.63, 3.8) is 0 Å². The van der Waals surface area contributed by atoms with Gasteiger partial charge in [0.15, 0.2) is 6.10 Å². The summed E-state index contributed by atoms with van der Waals surface area (Å²) in [5, 5.41) is 12.4. The largest absolute Gasteiger partial charge is 0.376 e. The Morgan fingerprint density at radius 3 is 2.42 bits per heavy atom. The summed E-state index contributed by atoms with van der Waals surface area (Å²) >= 11 is 0. The highest BCUT2D eigenvalue weighted by molar-refractivity contribution is 5.82. The second kappa shape index (κ2) is 6.88. The van der Waals surface area contributed by atoms with Crippen molar-refractivity contribution in [1.82, 2.24) is 5.32 Å². The first-order valence-corrected chi connectivity index (χ1v) is 7.18. The third-order valence-corrected chi connectivity index (χ3v) is 3.89. The molecule has 106 valence electrons. The van der Waals surface area contributed by atoms with E-state index in [0.29, 0.717) is 13.2 Å². The molecule has 0 radical (unpaired) electrons. The second-order valence-electron chi connectivity index (χ2n) is 5.39. The van der Waals surface area contributed by atoms with Gasteiger partial charge >= 0.3 is 0 Å². The zero-order valence-electron chi connectivity index (χ0n) is 11.3. The summed E-state index contributed by atoms with van der Waals surface area (Å²) < 4.78 is 10.6. The summed E-state index contributed by atoms with van der Waals surface area (Å²) in [6.07, 6.45) is 6.42. The van der Waals surface area contributed by atoms with Crippen molar-refractivity contribution in [3.05, 3.63) is 0 Å². The minimum Gasteiger partial charge on any atom is -0.376 e. The highest BCUT2D eigenvalue weighted by Gasteiger charge is 2.35. The van der Waals surface area contributed by atoms with Crippen LogP contribution in [0, 0.1) is 11.3 Å². The van der Waals surface area contributed by atoms with Gasteiger partial charge in [0.2, 0.25) is 0 Å². The lowest BCUT2D eigenvalue weighted by molar-refractivity contribution is -0.149. The lowest BCUT2D eigenvalue weighted by Gasteiger charge is -2.32. The van der Waals surface area contributed by atoms with Crippen LogP contribution in [0.15, 0.2) is 0 Å². The van der Waals surface area contributed by atoms with Crippen LogP contribution in [0.1, 0.15) is 44.9 Å². The van der Waals surface area contributed by atoms with Crippen LogP contribution < -0.4 is 5.32 Å². The van der Waals surface area contributed by atoms with Crippen LogP contribution in [-0.2, 0) is 14.3 Å². The smallest absolute Gasteiger partial charge is 0.252 e. The number of carbonyl (C=O) groups excluding carboxylic acids is 1. The number of carbonyl (C=O) groups is 1. The van der Waals surface area contributed by atoms with Crippen molar-refractivity contribution in [2.75, 3.05) is 19.8 Å². The van der Waals surface area contributed by atoms with E-state index in [9.17, 15) is 10.1 Å². The SMILES string of the molecule is N#CC1(NC(=O)C2COCCO2)CCCCCCC1. The molecule has 5 heteroatoms. The zero-order chi connectivity index (χ0) is 13.6. The van der Waals surface area contributed by atoms with E-state index in [0.717, 1.165) is 38.5 Å². The fourth-order valence-corrected chi connectivity index (χ4v) is 2.73. The van der Waals surface area contributed by atoms with Crippen molar-refractivity contribution < 1.29 is 14.3 Å². The minimum atomic E-state index is -0.710. The van der Waals surface area contributed by atoms with Gasteiger partial charge in [-0.05, 0) is 12.8 Å². The van der Waals surface area contributed by atoms with Crippen molar-refractivity contribution in [1.29, 1.82) is 5.26 Å². The van der Waals surface area contributed by atoms with Gasteiger partial charge in [-0.2, -0.15) is 5.26 Å². The van der Waals surface area contributed by atoms with Crippen LogP contribution in [0.2, 0.25) is 0 Å². The third kappa shape index (κ3) is 3.92. The van der Waals surface area contributed by atoms with E-state index in [1.165, 1.54) is 6.42 Å². The second-order valence-corrected chi connectivity index (χ2v) is 5.39. The van der Waals surface area contributed by atoms with Gasteiger partial charge in [0, 0.05) is 0 Å². The summed E-state index contributed by atoms with van der Waals surface area (Å²) in [7, 11) is 0. The Bertz CT molecular complexity index is 337. The molecule has 1 amide bonds. The molecule has 1 saturated heterocycles. The molecule has 1 saturated carbocycles. The molecule has 2 fully saturated rings. The van der Waals surface area contributed by atoms with Crippen molar-refractivity contribution in [3.8, 4) is 6.07 Å². The maximum atomic E-state index is 12.2. The topological polar surface area (TPSA) is 71.4 Å². The van der Waals surface area contributed by atoms with Crippen LogP contribution >= 0.6 is 0 Å². The summed E-state index contributed by atoms with van der Waals surface area (Å²) in [5.41, 5.74) is -0.710. The van der Waals surface area contributed by atoms with E-state index >= 15 is 0 Å². The average Bonchev–Trinajstić information content (AvgIpc) is 2.43. The van der Waals surface area contributed by atoms with Gasteiger partial charge in [-0.25, -0.2) is 0 Å². The number of amides is 1. The number of nitrogens with zero attached hydrogens (tertiary/aromatic N) is 1. The molecule has 1 atom stereocenters. The van der Waals surface area contributed by atoms with E-state index in [4.69, 9.17) is 9.47 Å². The van der Waals surface area contributed by atoms with E-state index in [2.05, 4.69) is 11.4 Å². The summed E-state index contributed by atoms with van der Waals surface area (Å²) in [4.78, 5) is 12.2. The summed E-state index contributed by atoms with van der Waals surface area (Å²) in [6.45, 7) is 1.26. The molecule has 0 bridgehead atoms. The molecule has 5 nitrogen and oxygen atoms in total. The number of ether oxygens (including phenoxy) is 2. The Labute approximate surface area is 114 Å². The first-order valence-electron chi connectivity index (χ1n) is 7.18. The lowest BCUT2D eigenvalue weighted by atomic mass is 9.85. The molecule has 1 heterocycles. The van der Waals surface area contributed by atoms with E-state index < -0.39 is 11.6 Å². The maximum absolute atomic E-state index is 12.2. The van der Waals surface area contributed by atoms with E-state index in [-0.39, 0.29) is 12.5 Å². The van der Waals surface area contributed by atoms with Gasteiger partial charge in [-0.1, -0.05) is 32.1 Å².